The quantitative estimate of drug-likeness (QED) is 0.426. The first-order valence-electron chi connectivity index (χ1n) is 10.3. The molecule has 4 aromatic rings. The summed E-state index contributed by atoms with van der Waals surface area (Å²) in [4.78, 5) is 21.2. The minimum atomic E-state index is -0.370. The van der Waals surface area contributed by atoms with Crippen LogP contribution < -0.4 is 20.7 Å². The van der Waals surface area contributed by atoms with Crippen molar-refractivity contribution in [2.24, 2.45) is 0 Å². The number of nitrogens with one attached hydrogen (secondary N) is 3. The molecule has 0 atom stereocenters. The molecule has 33 heavy (non-hydrogen) atoms. The fourth-order valence-electron chi connectivity index (χ4n) is 3.48. The van der Waals surface area contributed by atoms with Crippen LogP contribution in [0.4, 0.5) is 23.0 Å². The maximum absolute atomic E-state index is 12.4. The Bertz CT molecular complexity index is 1350. The highest BCUT2D eigenvalue weighted by atomic mass is 16.5. The molecule has 1 aliphatic rings. The van der Waals surface area contributed by atoms with E-state index in [0.717, 1.165) is 17.1 Å². The number of benzene rings is 1. The molecule has 0 aliphatic carbocycles. The van der Waals surface area contributed by atoms with Gasteiger partial charge in [0.05, 0.1) is 11.4 Å². The van der Waals surface area contributed by atoms with Crippen molar-refractivity contribution in [2.45, 2.75) is 20.5 Å². The first-order valence-corrected chi connectivity index (χ1v) is 10.3. The van der Waals surface area contributed by atoms with Crippen LogP contribution in [0.1, 0.15) is 27.7 Å². The van der Waals surface area contributed by atoms with E-state index < -0.39 is 0 Å². The zero-order valence-electron chi connectivity index (χ0n) is 18.2. The van der Waals surface area contributed by atoms with Gasteiger partial charge >= 0.3 is 0 Å². The third-order valence-electron chi connectivity index (χ3n) is 5.02. The average Bonchev–Trinajstić information content (AvgIpc) is 3.21. The normalized spacial score (nSPS) is 11.7. The van der Waals surface area contributed by atoms with Gasteiger partial charge in [-0.1, -0.05) is 12.1 Å². The number of para-hydroxylation sites is 1. The topological polar surface area (TPSA) is 132 Å². The van der Waals surface area contributed by atoms with E-state index in [1.807, 2.05) is 44.2 Å². The molecule has 11 nitrogen and oxygen atoms in total. The molecule has 0 bridgehead atoms. The molecule has 0 saturated heterocycles. The molecular weight excluding hydrogens is 422 g/mol. The Labute approximate surface area is 189 Å². The average molecular weight is 443 g/mol. The van der Waals surface area contributed by atoms with Crippen molar-refractivity contribution in [3.05, 3.63) is 65.5 Å². The molecule has 4 heterocycles. The van der Waals surface area contributed by atoms with Gasteiger partial charge in [0.15, 0.2) is 23.1 Å². The van der Waals surface area contributed by atoms with Gasteiger partial charge in [0.1, 0.15) is 23.9 Å². The zero-order chi connectivity index (χ0) is 22.9. The van der Waals surface area contributed by atoms with Gasteiger partial charge in [-0.05, 0) is 37.6 Å². The van der Waals surface area contributed by atoms with Crippen LogP contribution in [-0.4, -0.2) is 42.9 Å². The summed E-state index contributed by atoms with van der Waals surface area (Å²) in [5, 5.41) is 21.7. The molecule has 0 saturated carbocycles. The van der Waals surface area contributed by atoms with Gasteiger partial charge in [-0.3, -0.25) is 4.79 Å². The predicted octanol–water partition coefficient (Wildman–Crippen LogP) is 2.81. The molecule has 0 radical (unpaired) electrons. The van der Waals surface area contributed by atoms with E-state index in [4.69, 9.17) is 4.74 Å². The molecule has 3 N–H and O–H groups in total. The molecular formula is C22H21N9O2. The third-order valence-corrected chi connectivity index (χ3v) is 5.02. The fraction of sp³-hybridized carbons (Fsp3) is 0.182. The first kappa shape index (κ1) is 20.4. The van der Waals surface area contributed by atoms with Gasteiger partial charge in [0.2, 0.25) is 0 Å². The summed E-state index contributed by atoms with van der Waals surface area (Å²) in [6.45, 7) is 4.08. The largest absolute Gasteiger partial charge is 0.481 e. The Kier molecular flexibility index (Phi) is 5.05. The van der Waals surface area contributed by atoms with Crippen molar-refractivity contribution >= 4 is 28.9 Å². The smallest absolute Gasteiger partial charge is 0.273 e. The summed E-state index contributed by atoms with van der Waals surface area (Å²) in [5.74, 6) is 2.67. The molecule has 0 fully saturated rings. The van der Waals surface area contributed by atoms with Crippen molar-refractivity contribution < 1.29 is 9.53 Å². The molecule has 0 spiro atoms. The van der Waals surface area contributed by atoms with Gasteiger partial charge in [-0.25, -0.2) is 14.6 Å². The Morgan fingerprint density at radius 3 is 2.73 bits per heavy atom. The number of carbonyl (C=O) groups is 1. The Morgan fingerprint density at radius 1 is 1.06 bits per heavy atom. The number of anilines is 4. The van der Waals surface area contributed by atoms with Crippen LogP contribution in [0.2, 0.25) is 0 Å². The lowest BCUT2D eigenvalue weighted by atomic mass is 10.2. The van der Waals surface area contributed by atoms with Crippen LogP contribution in [0.3, 0.4) is 0 Å². The van der Waals surface area contributed by atoms with E-state index in [9.17, 15) is 4.79 Å². The van der Waals surface area contributed by atoms with Crippen molar-refractivity contribution in [3.8, 4) is 11.4 Å². The number of fused-ring (bicyclic) bond motifs is 3. The van der Waals surface area contributed by atoms with Crippen LogP contribution in [0.15, 0.2) is 42.6 Å². The predicted molar refractivity (Wildman–Crippen MR) is 121 cm³/mol. The number of pyridine rings is 1. The molecule has 1 aliphatic heterocycles. The van der Waals surface area contributed by atoms with Crippen LogP contribution in [0, 0.1) is 13.8 Å². The minimum absolute atomic E-state index is 0.144. The molecule has 11 heteroatoms. The summed E-state index contributed by atoms with van der Waals surface area (Å²) in [6, 6.07) is 11.1. The number of hydrogen-bond acceptors (Lipinski definition) is 9. The first-order chi connectivity index (χ1) is 16.0. The maximum atomic E-state index is 12.4. The van der Waals surface area contributed by atoms with Crippen LogP contribution in [0.5, 0.6) is 5.75 Å². The molecule has 5 rings (SSSR count). The zero-order valence-corrected chi connectivity index (χ0v) is 18.2. The monoisotopic (exact) mass is 443 g/mol. The van der Waals surface area contributed by atoms with E-state index >= 15 is 0 Å². The second-order valence-electron chi connectivity index (χ2n) is 7.47. The van der Waals surface area contributed by atoms with Gasteiger partial charge in [0, 0.05) is 19.3 Å². The number of rotatable bonds is 5. The number of carbonyl (C=O) groups excluding carboxylic acids is 1. The van der Waals surface area contributed by atoms with Gasteiger partial charge in [-0.2, -0.15) is 5.10 Å². The second kappa shape index (κ2) is 8.19. The number of ether oxygens (including phenoxy) is 1. The Morgan fingerprint density at radius 2 is 1.94 bits per heavy atom. The summed E-state index contributed by atoms with van der Waals surface area (Å²) >= 11 is 0. The number of hydrogen-bond donors (Lipinski definition) is 3. The van der Waals surface area contributed by atoms with Gasteiger partial charge in [0.25, 0.3) is 5.91 Å². The lowest BCUT2D eigenvalue weighted by molar-refractivity contribution is 0.0958. The third kappa shape index (κ3) is 3.91. The molecule has 3 aromatic heterocycles. The molecule has 0 unspecified atom stereocenters. The SMILES string of the molecule is CNC(=O)c1nnc(Nc2ccc(C)cn2)cc1Nc1cccc2c1OCc1nc(C)nn1-2. The van der Waals surface area contributed by atoms with E-state index in [-0.39, 0.29) is 18.2 Å². The van der Waals surface area contributed by atoms with Gasteiger partial charge in [-0.15, -0.1) is 10.2 Å². The maximum Gasteiger partial charge on any atom is 0.273 e. The van der Waals surface area contributed by atoms with Crippen molar-refractivity contribution in [1.29, 1.82) is 0 Å². The number of nitrogens with zero attached hydrogens (tertiary/aromatic N) is 6. The lowest BCUT2D eigenvalue weighted by Crippen LogP contribution is -2.22. The highest BCUT2D eigenvalue weighted by Crippen LogP contribution is 2.38. The highest BCUT2D eigenvalue weighted by Gasteiger charge is 2.24. The van der Waals surface area contributed by atoms with Crippen LogP contribution >= 0.6 is 0 Å². The van der Waals surface area contributed by atoms with Crippen molar-refractivity contribution in [1.82, 2.24) is 35.3 Å². The van der Waals surface area contributed by atoms with Crippen LogP contribution in [0.25, 0.3) is 5.69 Å². The Balaban J connectivity index is 1.52. The molecule has 166 valence electrons. The Hall–Kier alpha value is -4.54. The molecule has 1 aromatic carbocycles. The summed E-state index contributed by atoms with van der Waals surface area (Å²) in [7, 11) is 1.54. The summed E-state index contributed by atoms with van der Waals surface area (Å²) in [6.07, 6.45) is 1.75. The van der Waals surface area contributed by atoms with Crippen molar-refractivity contribution in [2.75, 3.05) is 17.7 Å². The van der Waals surface area contributed by atoms with E-state index in [1.165, 1.54) is 7.05 Å². The number of amides is 1. The van der Waals surface area contributed by atoms with Crippen LogP contribution in [-0.2, 0) is 6.61 Å². The summed E-state index contributed by atoms with van der Waals surface area (Å²) < 4.78 is 7.75. The summed E-state index contributed by atoms with van der Waals surface area (Å²) in [5.41, 5.74) is 3.06. The van der Waals surface area contributed by atoms with E-state index in [2.05, 4.69) is 41.2 Å². The second-order valence-corrected chi connectivity index (χ2v) is 7.47. The number of aromatic nitrogens is 6. The minimum Gasteiger partial charge on any atom is -0.481 e. The van der Waals surface area contributed by atoms with E-state index in [0.29, 0.717) is 34.6 Å². The molecule has 1 amide bonds. The fourth-order valence-corrected chi connectivity index (χ4v) is 3.48. The van der Waals surface area contributed by atoms with Gasteiger partial charge < -0.3 is 20.7 Å². The highest BCUT2D eigenvalue weighted by molar-refractivity contribution is 5.98. The van der Waals surface area contributed by atoms with E-state index in [1.54, 1.807) is 16.9 Å². The standard InChI is InChI=1S/C22H21N9O2/c1-12-7-8-17(24-10-12)27-18-9-15(20(29-28-18)22(32)23-3)26-14-5-4-6-16-21(14)33-11-19-25-13(2)30-31(16)19/h4-10H,11H2,1-3H3,(H,23,32)(H2,24,26,27,28). The lowest BCUT2D eigenvalue weighted by Gasteiger charge is -2.21. The van der Waals surface area contributed by atoms with Crippen molar-refractivity contribution in [3.63, 3.8) is 0 Å². The number of aryl methyl sites for hydroxylation is 2.